The van der Waals surface area contributed by atoms with Gasteiger partial charge in [0.15, 0.2) is 0 Å². The second-order valence-corrected chi connectivity index (χ2v) is 10.5. The Labute approximate surface area is 215 Å². The second kappa shape index (κ2) is 11.3. The van der Waals surface area contributed by atoms with Crippen molar-refractivity contribution in [2.24, 2.45) is 0 Å². The van der Waals surface area contributed by atoms with Gasteiger partial charge in [-0.15, -0.1) is 17.9 Å². The summed E-state index contributed by atoms with van der Waals surface area (Å²) in [4.78, 5) is 21.0. The van der Waals surface area contributed by atoms with E-state index < -0.39 is 0 Å². The number of thiazole rings is 1. The molecule has 2 heterocycles. The highest BCUT2D eigenvalue weighted by Crippen LogP contribution is 2.32. The summed E-state index contributed by atoms with van der Waals surface area (Å²) >= 11 is 13.2. The number of nitrogens with one attached hydrogen (secondary N) is 1. The Balaban J connectivity index is 1.38. The number of hydrogen-bond acceptors (Lipinski definition) is 4. The number of aromatic nitrogens is 1. The van der Waals surface area contributed by atoms with E-state index in [1.165, 1.54) is 5.57 Å². The molecular weight excluding hydrogens is 482 g/mol. The van der Waals surface area contributed by atoms with Crippen molar-refractivity contribution >= 4 is 51.7 Å². The number of rotatable bonds is 7. The first kappa shape index (κ1) is 24.6. The highest BCUT2D eigenvalue weighted by molar-refractivity contribution is 7.80. The molecule has 34 heavy (non-hydrogen) atoms. The number of benzene rings is 2. The predicted molar refractivity (Wildman–Crippen MR) is 147 cm³/mol. The smallest absolute Gasteiger partial charge is 0.275 e. The lowest BCUT2D eigenvalue weighted by Gasteiger charge is -2.33. The number of carbonyl (C=O) groups excluding carboxylic acids is 1. The Hall–Kier alpha value is -2.54. The summed E-state index contributed by atoms with van der Waals surface area (Å²) in [5, 5.41) is 6.61. The molecule has 0 bridgehead atoms. The van der Waals surface area contributed by atoms with Crippen LogP contribution in [0.25, 0.3) is 11.1 Å². The normalized spacial score (nSPS) is 14.1. The van der Waals surface area contributed by atoms with Crippen molar-refractivity contribution in [3.8, 4) is 11.1 Å². The second-order valence-electron chi connectivity index (χ2n) is 8.69. The summed E-state index contributed by atoms with van der Waals surface area (Å²) < 4.78 is 0. The first-order valence-corrected chi connectivity index (χ1v) is 13.1. The minimum Gasteiger partial charge on any atom is -0.366 e. The lowest BCUT2D eigenvalue weighted by atomic mass is 9.97. The fourth-order valence-corrected chi connectivity index (χ4v) is 5.48. The van der Waals surface area contributed by atoms with Crippen molar-refractivity contribution in [1.29, 1.82) is 0 Å². The molecule has 7 heteroatoms. The van der Waals surface area contributed by atoms with Crippen molar-refractivity contribution < 1.29 is 4.79 Å². The van der Waals surface area contributed by atoms with Gasteiger partial charge >= 0.3 is 0 Å². The zero-order valence-electron chi connectivity index (χ0n) is 19.2. The number of allylic oxidation sites excluding steroid dienone is 1. The Bertz CT molecular complexity index is 1180. The lowest BCUT2D eigenvalue weighted by Crippen LogP contribution is -2.36. The SMILES string of the molecule is C=C(C)CCC(=S)N1CCC(c2nc(C(=O)Nc3ccccc3-c3ccc(Cl)cc3)cs2)CC1. The standard InChI is InChI=1S/C27H28ClN3OS2/c1-18(2)7-12-25(33)31-15-13-20(14-16-31)27-30-24(17-34-27)26(32)29-23-6-4-3-5-22(23)19-8-10-21(28)11-9-19/h3-6,8-11,17,20H,1,7,12-16H2,2H3,(H,29,32). The third-order valence-corrected chi connectivity index (χ3v) is 7.77. The van der Waals surface area contributed by atoms with Crippen LogP contribution in [-0.2, 0) is 0 Å². The Morgan fingerprint density at radius 1 is 1.18 bits per heavy atom. The molecule has 176 valence electrons. The molecule has 1 aliphatic rings. The number of hydrogen-bond donors (Lipinski definition) is 1. The average Bonchev–Trinajstić information content (AvgIpc) is 3.34. The monoisotopic (exact) mass is 509 g/mol. The molecule has 0 aliphatic carbocycles. The fourth-order valence-electron chi connectivity index (χ4n) is 4.09. The number of anilines is 1. The minimum absolute atomic E-state index is 0.192. The summed E-state index contributed by atoms with van der Waals surface area (Å²) in [5.74, 6) is 0.176. The van der Waals surface area contributed by atoms with Crippen LogP contribution in [0, 0.1) is 0 Å². The molecule has 1 fully saturated rings. The van der Waals surface area contributed by atoms with Crippen LogP contribution in [0.4, 0.5) is 5.69 Å². The zero-order chi connectivity index (χ0) is 24.1. The van der Waals surface area contributed by atoms with Crippen LogP contribution < -0.4 is 5.32 Å². The zero-order valence-corrected chi connectivity index (χ0v) is 21.6. The number of halogens is 1. The number of amides is 1. The molecular formula is C27H28ClN3OS2. The Kier molecular flexibility index (Phi) is 8.14. The van der Waals surface area contributed by atoms with Gasteiger partial charge in [-0.2, -0.15) is 0 Å². The van der Waals surface area contributed by atoms with Crippen molar-refractivity contribution in [1.82, 2.24) is 9.88 Å². The number of nitrogens with zero attached hydrogens (tertiary/aromatic N) is 2. The van der Waals surface area contributed by atoms with E-state index in [0.717, 1.165) is 65.6 Å². The summed E-state index contributed by atoms with van der Waals surface area (Å²) in [5.41, 5.74) is 4.32. The van der Waals surface area contributed by atoms with E-state index >= 15 is 0 Å². The summed E-state index contributed by atoms with van der Waals surface area (Å²) in [6, 6.07) is 15.4. The van der Waals surface area contributed by atoms with Gasteiger partial charge in [0.1, 0.15) is 5.69 Å². The number of thiocarbonyl (C=S) groups is 1. The molecule has 1 aliphatic heterocycles. The van der Waals surface area contributed by atoms with Crippen LogP contribution in [0.1, 0.15) is 54.0 Å². The topological polar surface area (TPSA) is 45.2 Å². The van der Waals surface area contributed by atoms with Crippen molar-refractivity contribution in [2.45, 2.75) is 38.5 Å². The third-order valence-electron chi connectivity index (χ3n) is 6.05. The lowest BCUT2D eigenvalue weighted by molar-refractivity contribution is 0.102. The molecule has 1 N–H and O–H groups in total. The van der Waals surface area contributed by atoms with E-state index in [4.69, 9.17) is 28.8 Å². The highest BCUT2D eigenvalue weighted by atomic mass is 35.5. The maximum atomic E-state index is 13.0. The van der Waals surface area contributed by atoms with Gasteiger partial charge in [0, 0.05) is 47.1 Å². The van der Waals surface area contributed by atoms with Crippen molar-refractivity contribution in [3.63, 3.8) is 0 Å². The van der Waals surface area contributed by atoms with Crippen molar-refractivity contribution in [3.05, 3.63) is 81.8 Å². The summed E-state index contributed by atoms with van der Waals surface area (Å²) in [6.45, 7) is 7.89. The first-order chi connectivity index (χ1) is 16.4. The van der Waals surface area contributed by atoms with Crippen LogP contribution in [0.15, 0.2) is 66.1 Å². The highest BCUT2D eigenvalue weighted by Gasteiger charge is 2.25. The Morgan fingerprint density at radius 2 is 1.88 bits per heavy atom. The van der Waals surface area contributed by atoms with Gasteiger partial charge < -0.3 is 10.2 Å². The van der Waals surface area contributed by atoms with E-state index in [9.17, 15) is 4.79 Å². The maximum absolute atomic E-state index is 13.0. The fraction of sp³-hybridized carbons (Fsp3) is 0.296. The van der Waals surface area contributed by atoms with Crippen molar-refractivity contribution in [2.75, 3.05) is 18.4 Å². The molecule has 2 aromatic carbocycles. The molecule has 0 unspecified atom stereocenters. The van der Waals surface area contributed by atoms with E-state index in [1.54, 1.807) is 11.3 Å². The first-order valence-electron chi connectivity index (χ1n) is 11.4. The van der Waals surface area contributed by atoms with E-state index in [-0.39, 0.29) is 5.91 Å². The molecule has 4 nitrogen and oxygen atoms in total. The summed E-state index contributed by atoms with van der Waals surface area (Å²) in [6.07, 6.45) is 3.85. The molecule has 0 spiro atoms. The minimum atomic E-state index is -0.192. The van der Waals surface area contributed by atoms with Gasteiger partial charge in [-0.1, -0.05) is 59.7 Å². The summed E-state index contributed by atoms with van der Waals surface area (Å²) in [7, 11) is 0. The van der Waals surface area contributed by atoms with Crippen LogP contribution in [0.3, 0.4) is 0 Å². The molecule has 4 rings (SSSR count). The van der Waals surface area contributed by atoms with Gasteiger partial charge in [-0.3, -0.25) is 4.79 Å². The van der Waals surface area contributed by atoms with Crippen LogP contribution in [0.2, 0.25) is 5.02 Å². The molecule has 0 saturated carbocycles. The molecule has 0 radical (unpaired) electrons. The molecule has 1 amide bonds. The van der Waals surface area contributed by atoms with E-state index in [0.29, 0.717) is 16.6 Å². The van der Waals surface area contributed by atoms with Crippen LogP contribution in [0.5, 0.6) is 0 Å². The van der Waals surface area contributed by atoms with Gasteiger partial charge in [0.25, 0.3) is 5.91 Å². The quantitative estimate of drug-likeness (QED) is 0.263. The number of carbonyl (C=O) groups is 1. The molecule has 0 atom stereocenters. The van der Waals surface area contributed by atoms with Crippen LogP contribution >= 0.6 is 35.2 Å². The number of para-hydroxylation sites is 1. The molecule has 3 aromatic rings. The van der Waals surface area contributed by atoms with Crippen LogP contribution in [-0.4, -0.2) is 33.9 Å². The molecule has 1 aromatic heterocycles. The predicted octanol–water partition coefficient (Wildman–Crippen LogP) is 7.58. The Morgan fingerprint density at radius 3 is 2.59 bits per heavy atom. The van der Waals surface area contributed by atoms with Gasteiger partial charge in [0.05, 0.1) is 10.00 Å². The van der Waals surface area contributed by atoms with E-state index in [1.807, 2.05) is 60.8 Å². The van der Waals surface area contributed by atoms with Gasteiger partial charge in [0.2, 0.25) is 0 Å². The van der Waals surface area contributed by atoms with Gasteiger partial charge in [-0.05, 0) is 49.9 Å². The van der Waals surface area contributed by atoms with Gasteiger partial charge in [-0.25, -0.2) is 4.98 Å². The van der Waals surface area contributed by atoms with E-state index in [2.05, 4.69) is 16.8 Å². The number of likely N-dealkylation sites (tertiary alicyclic amines) is 1. The average molecular weight is 510 g/mol. The largest absolute Gasteiger partial charge is 0.366 e. The number of piperidine rings is 1. The third kappa shape index (κ3) is 6.12. The molecule has 1 saturated heterocycles. The maximum Gasteiger partial charge on any atom is 0.275 e.